The highest BCUT2D eigenvalue weighted by molar-refractivity contribution is 7.99. The quantitative estimate of drug-likeness (QED) is 0.122. The molecule has 0 bridgehead atoms. The molecule has 1 fully saturated rings. The monoisotopic (exact) mass is 625 g/mol. The van der Waals surface area contributed by atoms with E-state index in [0.29, 0.717) is 36.6 Å². The van der Waals surface area contributed by atoms with E-state index in [1.807, 2.05) is 42.5 Å². The lowest BCUT2D eigenvalue weighted by Gasteiger charge is -2.27. The van der Waals surface area contributed by atoms with Crippen LogP contribution in [0, 0.1) is 0 Å². The fourth-order valence-electron chi connectivity index (χ4n) is 5.60. The first kappa shape index (κ1) is 30.2. The molecule has 1 saturated heterocycles. The number of pyridine rings is 1. The lowest BCUT2D eigenvalue weighted by Crippen LogP contribution is -2.54. The molecule has 45 heavy (non-hydrogen) atoms. The van der Waals surface area contributed by atoms with Crippen LogP contribution in [0.4, 0.5) is 0 Å². The molecule has 6 rings (SSSR count). The second-order valence-corrected chi connectivity index (χ2v) is 11.9. The minimum atomic E-state index is -1.01. The Hall–Kier alpha value is -4.81. The standard InChI is InChI=1S/C33H31N5O6S/c39-27(35-15-16-36-30(21-7-4-14-34-19-21)25-18-20-6-1-2-9-24(20)44-25)11-5-17-45-26-10-3-8-22-29(26)33(43)38(32(22)42)23-12-13-28(40)37-31(23)41/h1-4,6-10,14,18-19,23,30,36H,5,11-13,15-17H2,(H,35,39)(H,37,40,41). The van der Waals surface area contributed by atoms with Crippen molar-refractivity contribution in [3.8, 4) is 0 Å². The summed E-state index contributed by atoms with van der Waals surface area (Å²) in [5.41, 5.74) is 2.26. The Morgan fingerprint density at radius 1 is 1.04 bits per heavy atom. The van der Waals surface area contributed by atoms with Crippen LogP contribution >= 0.6 is 11.8 Å². The third-order valence-corrected chi connectivity index (χ3v) is 8.92. The Bertz CT molecular complexity index is 1740. The number of hydrogen-bond donors (Lipinski definition) is 3. The third kappa shape index (κ3) is 6.52. The maximum absolute atomic E-state index is 13.3. The van der Waals surface area contributed by atoms with E-state index >= 15 is 0 Å². The molecule has 2 aliphatic heterocycles. The molecular formula is C33H31N5O6S. The largest absolute Gasteiger partial charge is 0.459 e. The Labute approximate surface area is 263 Å². The number of benzene rings is 2. The number of nitrogens with zero attached hydrogens (tertiary/aromatic N) is 2. The van der Waals surface area contributed by atoms with Gasteiger partial charge < -0.3 is 15.1 Å². The second-order valence-electron chi connectivity index (χ2n) is 10.8. The molecule has 4 heterocycles. The van der Waals surface area contributed by atoms with E-state index in [0.717, 1.165) is 27.2 Å². The van der Waals surface area contributed by atoms with E-state index in [-0.39, 0.29) is 35.9 Å². The molecule has 2 atom stereocenters. The number of carbonyl (C=O) groups is 5. The molecule has 3 N–H and O–H groups in total. The molecule has 0 radical (unpaired) electrons. The van der Waals surface area contributed by atoms with E-state index in [1.165, 1.54) is 11.8 Å². The van der Waals surface area contributed by atoms with Crippen LogP contribution in [0.2, 0.25) is 0 Å². The number of rotatable bonds is 12. The number of hydrogen-bond acceptors (Lipinski definition) is 9. The first-order valence-electron chi connectivity index (χ1n) is 14.8. The molecule has 11 nitrogen and oxygen atoms in total. The molecule has 0 saturated carbocycles. The molecule has 2 aromatic carbocycles. The zero-order valence-electron chi connectivity index (χ0n) is 24.3. The Morgan fingerprint density at radius 3 is 2.71 bits per heavy atom. The summed E-state index contributed by atoms with van der Waals surface area (Å²) < 4.78 is 6.10. The van der Waals surface area contributed by atoms with E-state index in [4.69, 9.17) is 4.42 Å². The van der Waals surface area contributed by atoms with Crippen LogP contribution in [0.25, 0.3) is 11.0 Å². The van der Waals surface area contributed by atoms with Gasteiger partial charge in [0.25, 0.3) is 11.8 Å². The number of piperidine rings is 1. The van der Waals surface area contributed by atoms with E-state index in [1.54, 1.807) is 30.6 Å². The molecule has 5 amide bonds. The number of furan rings is 1. The number of thioether (sulfide) groups is 1. The predicted octanol–water partition coefficient (Wildman–Crippen LogP) is 3.60. The number of imide groups is 2. The summed E-state index contributed by atoms with van der Waals surface area (Å²) in [6, 6.07) is 17.5. The van der Waals surface area contributed by atoms with Gasteiger partial charge in [-0.2, -0.15) is 0 Å². The molecule has 4 aromatic rings. The molecule has 2 aliphatic rings. The average Bonchev–Trinajstić information content (AvgIpc) is 3.58. The van der Waals surface area contributed by atoms with Gasteiger partial charge in [0, 0.05) is 48.6 Å². The molecule has 2 unspecified atom stereocenters. The molecule has 0 spiro atoms. The normalized spacial score (nSPS) is 17.0. The van der Waals surface area contributed by atoms with Crippen molar-refractivity contribution in [3.05, 3.63) is 95.5 Å². The molecule has 230 valence electrons. The highest BCUT2D eigenvalue weighted by Gasteiger charge is 2.45. The van der Waals surface area contributed by atoms with Crippen molar-refractivity contribution in [2.24, 2.45) is 0 Å². The summed E-state index contributed by atoms with van der Waals surface area (Å²) >= 11 is 1.39. The number of fused-ring (bicyclic) bond motifs is 2. The minimum Gasteiger partial charge on any atom is -0.459 e. The van der Waals surface area contributed by atoms with Gasteiger partial charge in [-0.15, -0.1) is 11.8 Å². The van der Waals surface area contributed by atoms with Crippen molar-refractivity contribution in [2.75, 3.05) is 18.8 Å². The van der Waals surface area contributed by atoms with Crippen LogP contribution in [0.15, 0.2) is 82.4 Å². The highest BCUT2D eigenvalue weighted by Crippen LogP contribution is 2.35. The van der Waals surface area contributed by atoms with Crippen molar-refractivity contribution in [3.63, 3.8) is 0 Å². The third-order valence-electron chi connectivity index (χ3n) is 7.78. The van der Waals surface area contributed by atoms with E-state index in [2.05, 4.69) is 20.9 Å². The van der Waals surface area contributed by atoms with Crippen LogP contribution in [-0.4, -0.2) is 64.3 Å². The maximum Gasteiger partial charge on any atom is 0.263 e. The maximum atomic E-state index is 13.3. The van der Waals surface area contributed by atoms with Gasteiger partial charge in [0.05, 0.1) is 17.2 Å². The summed E-state index contributed by atoms with van der Waals surface area (Å²) in [7, 11) is 0. The Morgan fingerprint density at radius 2 is 1.91 bits per heavy atom. The summed E-state index contributed by atoms with van der Waals surface area (Å²) in [6.45, 7) is 0.926. The summed E-state index contributed by atoms with van der Waals surface area (Å²) in [4.78, 5) is 68.6. The van der Waals surface area contributed by atoms with Gasteiger partial charge in [0.15, 0.2) is 0 Å². The van der Waals surface area contributed by atoms with Crippen molar-refractivity contribution < 1.29 is 28.4 Å². The van der Waals surface area contributed by atoms with E-state index in [9.17, 15) is 24.0 Å². The first-order chi connectivity index (χ1) is 21.9. The zero-order chi connectivity index (χ0) is 31.3. The lowest BCUT2D eigenvalue weighted by atomic mass is 10.0. The Balaban J connectivity index is 0.981. The van der Waals surface area contributed by atoms with E-state index < -0.39 is 29.7 Å². The smallest absolute Gasteiger partial charge is 0.263 e. The lowest BCUT2D eigenvalue weighted by molar-refractivity contribution is -0.136. The fourth-order valence-corrected chi connectivity index (χ4v) is 6.62. The number of para-hydroxylation sites is 1. The van der Waals surface area contributed by atoms with Crippen molar-refractivity contribution >= 4 is 52.3 Å². The van der Waals surface area contributed by atoms with Crippen LogP contribution in [0.5, 0.6) is 0 Å². The molecule has 2 aromatic heterocycles. The first-order valence-corrected chi connectivity index (χ1v) is 15.7. The zero-order valence-corrected chi connectivity index (χ0v) is 25.1. The van der Waals surface area contributed by atoms with Crippen LogP contribution in [0.1, 0.15) is 63.8 Å². The summed E-state index contributed by atoms with van der Waals surface area (Å²) in [5.74, 6) is -0.902. The predicted molar refractivity (Wildman–Crippen MR) is 166 cm³/mol. The van der Waals surface area contributed by atoms with Gasteiger partial charge in [-0.1, -0.05) is 30.3 Å². The Kier molecular flexibility index (Phi) is 9.03. The van der Waals surface area contributed by atoms with Gasteiger partial charge in [-0.05, 0) is 54.5 Å². The van der Waals surface area contributed by atoms with Gasteiger partial charge >= 0.3 is 0 Å². The van der Waals surface area contributed by atoms with Crippen LogP contribution in [0.3, 0.4) is 0 Å². The average molecular weight is 626 g/mol. The van der Waals surface area contributed by atoms with Gasteiger partial charge in [-0.3, -0.25) is 39.2 Å². The van der Waals surface area contributed by atoms with Gasteiger partial charge in [0.1, 0.15) is 17.4 Å². The number of nitrogens with one attached hydrogen (secondary N) is 3. The fraction of sp³-hybridized carbons (Fsp3) is 0.273. The molecule has 0 aliphatic carbocycles. The number of aromatic nitrogens is 1. The van der Waals surface area contributed by atoms with Crippen molar-refractivity contribution in [1.82, 2.24) is 25.8 Å². The van der Waals surface area contributed by atoms with Crippen molar-refractivity contribution in [1.29, 1.82) is 0 Å². The summed E-state index contributed by atoms with van der Waals surface area (Å²) in [6.07, 6.45) is 4.54. The number of carbonyl (C=O) groups excluding carboxylic acids is 5. The molecule has 12 heteroatoms. The second kappa shape index (κ2) is 13.4. The highest BCUT2D eigenvalue weighted by atomic mass is 32.2. The van der Waals surface area contributed by atoms with Crippen LogP contribution in [-0.2, 0) is 14.4 Å². The van der Waals surface area contributed by atoms with Gasteiger partial charge in [-0.25, -0.2) is 0 Å². The topological polar surface area (TPSA) is 151 Å². The molecular weight excluding hydrogens is 594 g/mol. The van der Waals surface area contributed by atoms with Crippen molar-refractivity contribution in [2.45, 2.75) is 42.7 Å². The summed E-state index contributed by atoms with van der Waals surface area (Å²) in [5, 5.41) is 9.63. The minimum absolute atomic E-state index is 0.0654. The number of amides is 5. The van der Waals surface area contributed by atoms with Crippen LogP contribution < -0.4 is 16.0 Å². The van der Waals surface area contributed by atoms with Gasteiger partial charge in [0.2, 0.25) is 17.7 Å². The SMILES string of the molecule is O=C(CCCSc1cccc2c1C(=O)N(C1CCC(=O)NC1=O)C2=O)NCCNC(c1cccnc1)c1cc2ccccc2o1.